The molecule has 0 bridgehead atoms. The number of hydrogen-bond acceptors (Lipinski definition) is 0. The fourth-order valence-electron chi connectivity index (χ4n) is 4.30. The van der Waals surface area contributed by atoms with Gasteiger partial charge in [-0.2, -0.15) is 0 Å². The molecule has 2 aromatic carbocycles. The molecule has 0 aromatic heterocycles. The van der Waals surface area contributed by atoms with Crippen LogP contribution in [0.1, 0.15) is 63.9 Å². The summed E-state index contributed by atoms with van der Waals surface area (Å²) >= 11 is 0. The molecule has 0 amide bonds. The van der Waals surface area contributed by atoms with Crippen LogP contribution >= 0.6 is 0 Å². The van der Waals surface area contributed by atoms with Crippen molar-refractivity contribution in [2.24, 2.45) is 5.92 Å². The van der Waals surface area contributed by atoms with E-state index in [4.69, 9.17) is 0 Å². The third-order valence-electron chi connectivity index (χ3n) is 6.15. The first-order chi connectivity index (χ1) is 12.7. The van der Waals surface area contributed by atoms with E-state index in [1.807, 2.05) is 0 Å². The quantitative estimate of drug-likeness (QED) is 0.534. The van der Waals surface area contributed by atoms with Gasteiger partial charge in [0.1, 0.15) is 0 Å². The SMILES string of the molecule is CCC(C)c1ccc(-c2cccc3c2=CC(=CC2CCCCC2)[C-]=3)cc1.[Zr]. The molecule has 0 nitrogen and oxygen atoms in total. The van der Waals surface area contributed by atoms with Gasteiger partial charge in [0.2, 0.25) is 0 Å². The molecule has 2 aliphatic rings. The van der Waals surface area contributed by atoms with Crippen LogP contribution < -0.4 is 10.4 Å². The van der Waals surface area contributed by atoms with Gasteiger partial charge in [-0.3, -0.25) is 0 Å². The van der Waals surface area contributed by atoms with Crippen molar-refractivity contribution in [2.45, 2.75) is 58.3 Å². The Kier molecular flexibility index (Phi) is 7.10. The predicted molar refractivity (Wildman–Crippen MR) is 112 cm³/mol. The van der Waals surface area contributed by atoms with E-state index < -0.39 is 0 Å². The van der Waals surface area contributed by atoms with Crippen molar-refractivity contribution in [3.8, 4) is 11.1 Å². The van der Waals surface area contributed by atoms with E-state index in [-0.39, 0.29) is 26.2 Å². The van der Waals surface area contributed by atoms with E-state index in [1.165, 1.54) is 71.2 Å². The van der Waals surface area contributed by atoms with Gasteiger partial charge in [-0.05, 0) is 29.4 Å². The number of benzene rings is 2. The first-order valence-corrected chi connectivity index (χ1v) is 10.3. The third kappa shape index (κ3) is 4.63. The van der Waals surface area contributed by atoms with Crippen molar-refractivity contribution in [3.63, 3.8) is 0 Å². The molecule has 0 spiro atoms. The van der Waals surface area contributed by atoms with Crippen molar-refractivity contribution in [3.05, 3.63) is 70.1 Å². The van der Waals surface area contributed by atoms with Gasteiger partial charge >= 0.3 is 0 Å². The number of hydrogen-bond donors (Lipinski definition) is 0. The third-order valence-corrected chi connectivity index (χ3v) is 6.15. The molecule has 0 saturated heterocycles. The summed E-state index contributed by atoms with van der Waals surface area (Å²) in [5, 5.41) is 2.58. The molecule has 2 aliphatic carbocycles. The van der Waals surface area contributed by atoms with Crippen LogP contribution in [0.25, 0.3) is 23.3 Å². The summed E-state index contributed by atoms with van der Waals surface area (Å²) in [7, 11) is 0. The van der Waals surface area contributed by atoms with Gasteiger partial charge in [0.05, 0.1) is 0 Å². The Bertz CT molecular complexity index is 912. The van der Waals surface area contributed by atoms with Crippen LogP contribution in [0.15, 0.2) is 54.1 Å². The van der Waals surface area contributed by atoms with Gasteiger partial charge < -0.3 is 0 Å². The van der Waals surface area contributed by atoms with Crippen molar-refractivity contribution < 1.29 is 26.2 Å². The van der Waals surface area contributed by atoms with Crippen LogP contribution in [0.3, 0.4) is 0 Å². The molecule has 1 heteroatoms. The zero-order chi connectivity index (χ0) is 17.9. The average molecular weight is 433 g/mol. The normalized spacial score (nSPS) is 19.0. The second kappa shape index (κ2) is 9.33. The molecular formula is C26H29Zr-. The molecule has 27 heavy (non-hydrogen) atoms. The molecular weight excluding hydrogens is 404 g/mol. The summed E-state index contributed by atoms with van der Waals surface area (Å²) in [5.41, 5.74) is 5.36. The van der Waals surface area contributed by atoms with Crippen molar-refractivity contribution in [1.29, 1.82) is 0 Å². The molecule has 1 atom stereocenters. The Morgan fingerprint density at radius 2 is 1.78 bits per heavy atom. The first kappa shape index (κ1) is 20.5. The van der Waals surface area contributed by atoms with Crippen LogP contribution in [-0.2, 0) is 26.2 Å². The Labute approximate surface area is 183 Å². The van der Waals surface area contributed by atoms with Crippen LogP contribution in [0.2, 0.25) is 0 Å². The number of rotatable bonds is 4. The topological polar surface area (TPSA) is 0 Å². The molecule has 0 N–H and O–H groups in total. The Morgan fingerprint density at radius 3 is 2.48 bits per heavy atom. The summed E-state index contributed by atoms with van der Waals surface area (Å²) in [4.78, 5) is 0. The van der Waals surface area contributed by atoms with E-state index >= 15 is 0 Å². The predicted octanol–water partition coefficient (Wildman–Crippen LogP) is 5.82. The fourth-order valence-corrected chi connectivity index (χ4v) is 4.30. The van der Waals surface area contributed by atoms with Crippen LogP contribution in [0, 0.1) is 5.92 Å². The maximum atomic E-state index is 3.64. The first-order valence-electron chi connectivity index (χ1n) is 10.3. The monoisotopic (exact) mass is 431 g/mol. The molecule has 2 aromatic rings. The smallest absolute Gasteiger partial charge is 0 e. The summed E-state index contributed by atoms with van der Waals surface area (Å²) in [6, 6.07) is 15.8. The van der Waals surface area contributed by atoms with E-state index in [1.54, 1.807) is 0 Å². The van der Waals surface area contributed by atoms with Crippen LogP contribution in [0.5, 0.6) is 0 Å². The Hall–Kier alpha value is -1.20. The summed E-state index contributed by atoms with van der Waals surface area (Å²) in [6.07, 6.45) is 16.5. The molecule has 0 heterocycles. The molecule has 0 aliphatic heterocycles. The van der Waals surface area contributed by atoms with Crippen molar-refractivity contribution in [1.82, 2.24) is 0 Å². The summed E-state index contributed by atoms with van der Waals surface area (Å²) < 4.78 is 0. The van der Waals surface area contributed by atoms with Gasteiger partial charge in [-0.25, -0.2) is 0 Å². The van der Waals surface area contributed by atoms with Crippen LogP contribution in [0.4, 0.5) is 0 Å². The Balaban J connectivity index is 0.00000210. The van der Waals surface area contributed by atoms with Crippen molar-refractivity contribution in [2.75, 3.05) is 0 Å². The minimum Gasteiger partial charge on any atom is -0.145 e. The van der Waals surface area contributed by atoms with E-state index in [9.17, 15) is 0 Å². The molecule has 4 rings (SSSR count). The maximum absolute atomic E-state index is 3.64. The second-order valence-electron chi connectivity index (χ2n) is 7.99. The Morgan fingerprint density at radius 1 is 1.04 bits per heavy atom. The van der Waals surface area contributed by atoms with Gasteiger partial charge in [0.25, 0.3) is 0 Å². The largest absolute Gasteiger partial charge is 0.145 e. The minimum absolute atomic E-state index is 0. The maximum Gasteiger partial charge on any atom is 0 e. The van der Waals surface area contributed by atoms with Gasteiger partial charge in [-0.1, -0.05) is 87.9 Å². The van der Waals surface area contributed by atoms with E-state index in [0.29, 0.717) is 5.92 Å². The zero-order valence-corrected chi connectivity index (χ0v) is 19.1. The second-order valence-corrected chi connectivity index (χ2v) is 7.99. The van der Waals surface area contributed by atoms with E-state index in [0.717, 1.165) is 5.92 Å². The van der Waals surface area contributed by atoms with Crippen molar-refractivity contribution >= 4 is 12.2 Å². The van der Waals surface area contributed by atoms with E-state index in [2.05, 4.69) is 74.5 Å². The summed E-state index contributed by atoms with van der Waals surface area (Å²) in [5.74, 6) is 1.37. The molecule has 1 fully saturated rings. The molecule has 1 unspecified atom stereocenters. The van der Waals surface area contributed by atoms with Gasteiger partial charge in [-0.15, -0.1) is 40.3 Å². The zero-order valence-electron chi connectivity index (χ0n) is 16.6. The fraction of sp³-hybridized carbons (Fsp3) is 0.385. The van der Waals surface area contributed by atoms with Gasteiger partial charge in [0, 0.05) is 26.2 Å². The summed E-state index contributed by atoms with van der Waals surface area (Å²) in [6.45, 7) is 4.55. The minimum atomic E-state index is 0. The molecule has 138 valence electrons. The molecule has 0 radical (unpaired) electrons. The number of fused-ring (bicyclic) bond motifs is 1. The van der Waals surface area contributed by atoms with Gasteiger partial charge in [0.15, 0.2) is 0 Å². The number of allylic oxidation sites excluding steroid dienone is 2. The molecule has 1 saturated carbocycles. The standard InChI is InChI=1S/C26H29.Zr/c1-3-19(2)22-12-14-23(15-13-22)25-11-7-10-24-17-21(18-26(24)25)16-20-8-5-4-6-9-20;/h7,10-16,18-20H,3-6,8-9H2,1-2H3;/q-1;. The average Bonchev–Trinajstić information content (AvgIpc) is 3.10. The van der Waals surface area contributed by atoms with Crippen LogP contribution in [-0.4, -0.2) is 0 Å².